The third kappa shape index (κ3) is 4.03. The van der Waals surface area contributed by atoms with Crippen LogP contribution in [-0.2, 0) is 0 Å². The van der Waals surface area contributed by atoms with Gasteiger partial charge in [0.1, 0.15) is 5.69 Å². The molecular weight excluding hydrogens is 194 g/mol. The maximum Gasteiger partial charge on any atom is 0.267 e. The second kappa shape index (κ2) is 5.41. The van der Waals surface area contributed by atoms with Crippen LogP contribution in [-0.4, -0.2) is 28.6 Å². The lowest BCUT2D eigenvalue weighted by Gasteiger charge is -2.05. The summed E-state index contributed by atoms with van der Waals surface area (Å²) in [7, 11) is 0. The number of aliphatic hydroxyl groups excluding tert-OH is 1. The number of hydrogen-bond acceptors (Lipinski definition) is 3. The number of aliphatic hydroxyl groups is 1. The Morgan fingerprint density at radius 1 is 1.73 bits per heavy atom. The van der Waals surface area contributed by atoms with Gasteiger partial charge in [-0.3, -0.25) is 4.79 Å². The molecular formula is C10H17N3O2. The molecule has 1 rings (SSSR count). The molecule has 1 aromatic heterocycles. The quantitative estimate of drug-likeness (QED) is 0.534. The molecule has 0 bridgehead atoms. The lowest BCUT2D eigenvalue weighted by molar-refractivity contribution is 0.0945. The van der Waals surface area contributed by atoms with Crippen LogP contribution >= 0.6 is 0 Å². The van der Waals surface area contributed by atoms with Crippen molar-refractivity contribution in [2.45, 2.75) is 25.9 Å². The molecule has 0 aliphatic carbocycles. The van der Waals surface area contributed by atoms with Crippen LogP contribution in [0, 0.1) is 0 Å². The highest BCUT2D eigenvalue weighted by Gasteiger charge is 2.06. The van der Waals surface area contributed by atoms with Crippen LogP contribution < -0.4 is 11.1 Å². The van der Waals surface area contributed by atoms with Crippen molar-refractivity contribution in [2.75, 3.05) is 12.3 Å². The molecule has 1 atom stereocenters. The van der Waals surface area contributed by atoms with Crippen molar-refractivity contribution < 1.29 is 9.90 Å². The first kappa shape index (κ1) is 11.6. The first-order valence-corrected chi connectivity index (χ1v) is 4.99. The number of nitrogens with one attached hydrogen (secondary N) is 2. The monoisotopic (exact) mass is 211 g/mol. The molecule has 0 aliphatic rings. The number of H-pyrrole nitrogens is 1. The molecule has 1 unspecified atom stereocenters. The van der Waals surface area contributed by atoms with Crippen LogP contribution in [0.15, 0.2) is 12.3 Å². The van der Waals surface area contributed by atoms with Gasteiger partial charge in [-0.05, 0) is 25.8 Å². The molecule has 1 aromatic rings. The first-order chi connectivity index (χ1) is 7.09. The van der Waals surface area contributed by atoms with E-state index in [4.69, 9.17) is 10.8 Å². The van der Waals surface area contributed by atoms with Crippen molar-refractivity contribution in [1.29, 1.82) is 0 Å². The zero-order chi connectivity index (χ0) is 11.3. The molecule has 0 saturated heterocycles. The average Bonchev–Trinajstić information content (AvgIpc) is 2.59. The van der Waals surface area contributed by atoms with Crippen LogP contribution in [0.5, 0.6) is 0 Å². The lowest BCUT2D eigenvalue weighted by atomic mass is 10.2. The largest absolute Gasteiger partial charge is 0.397 e. The number of carbonyl (C=O) groups is 1. The summed E-state index contributed by atoms with van der Waals surface area (Å²) in [6.45, 7) is 2.29. The molecule has 0 aromatic carbocycles. The van der Waals surface area contributed by atoms with Gasteiger partial charge in [0.15, 0.2) is 0 Å². The number of rotatable bonds is 5. The Kier molecular flexibility index (Phi) is 4.17. The average molecular weight is 211 g/mol. The van der Waals surface area contributed by atoms with Gasteiger partial charge in [0.05, 0.1) is 6.10 Å². The number of amides is 1. The van der Waals surface area contributed by atoms with Crippen LogP contribution in [0.4, 0.5) is 5.69 Å². The first-order valence-electron chi connectivity index (χ1n) is 4.99. The minimum atomic E-state index is -0.317. The summed E-state index contributed by atoms with van der Waals surface area (Å²) in [5.74, 6) is -0.169. The third-order valence-electron chi connectivity index (χ3n) is 2.03. The number of nitrogen functional groups attached to an aromatic ring is 1. The lowest BCUT2D eigenvalue weighted by Crippen LogP contribution is -2.25. The smallest absolute Gasteiger partial charge is 0.267 e. The molecule has 5 nitrogen and oxygen atoms in total. The fourth-order valence-corrected chi connectivity index (χ4v) is 1.24. The van der Waals surface area contributed by atoms with Crippen LogP contribution in [0.1, 0.15) is 30.3 Å². The van der Waals surface area contributed by atoms with Crippen LogP contribution in [0.25, 0.3) is 0 Å². The van der Waals surface area contributed by atoms with Gasteiger partial charge in [0, 0.05) is 18.4 Å². The molecule has 5 heteroatoms. The normalized spacial score (nSPS) is 12.4. The summed E-state index contributed by atoms with van der Waals surface area (Å²) in [5, 5.41) is 11.7. The number of nitrogens with two attached hydrogens (primary N) is 1. The van der Waals surface area contributed by atoms with Gasteiger partial charge in [0.25, 0.3) is 5.91 Å². The van der Waals surface area contributed by atoms with E-state index in [0.717, 1.165) is 6.42 Å². The molecule has 0 radical (unpaired) electrons. The summed E-state index contributed by atoms with van der Waals surface area (Å²) in [5.41, 5.74) is 6.47. The van der Waals surface area contributed by atoms with E-state index in [0.29, 0.717) is 24.3 Å². The maximum absolute atomic E-state index is 11.4. The fourth-order valence-electron chi connectivity index (χ4n) is 1.24. The molecule has 5 N–H and O–H groups in total. The maximum atomic E-state index is 11.4. The summed E-state index contributed by atoms with van der Waals surface area (Å²) < 4.78 is 0. The fraction of sp³-hybridized carbons (Fsp3) is 0.500. The van der Waals surface area contributed by atoms with E-state index in [1.165, 1.54) is 0 Å². The van der Waals surface area contributed by atoms with E-state index in [1.807, 2.05) is 0 Å². The molecule has 0 fully saturated rings. The van der Waals surface area contributed by atoms with Crippen molar-refractivity contribution in [1.82, 2.24) is 10.3 Å². The molecule has 15 heavy (non-hydrogen) atoms. The second-order valence-electron chi connectivity index (χ2n) is 3.59. The number of carbonyl (C=O) groups excluding carboxylic acids is 1. The Morgan fingerprint density at radius 2 is 2.47 bits per heavy atom. The molecule has 1 amide bonds. The van der Waals surface area contributed by atoms with Crippen LogP contribution in [0.3, 0.4) is 0 Å². The van der Waals surface area contributed by atoms with Gasteiger partial charge >= 0.3 is 0 Å². The highest BCUT2D eigenvalue weighted by atomic mass is 16.3. The number of anilines is 1. The Hall–Kier alpha value is -1.49. The van der Waals surface area contributed by atoms with E-state index in [2.05, 4.69) is 10.3 Å². The van der Waals surface area contributed by atoms with Crippen molar-refractivity contribution in [2.24, 2.45) is 0 Å². The van der Waals surface area contributed by atoms with Gasteiger partial charge in [-0.15, -0.1) is 0 Å². The molecule has 0 aliphatic heterocycles. The Bertz CT molecular complexity index is 320. The summed E-state index contributed by atoms with van der Waals surface area (Å²) >= 11 is 0. The van der Waals surface area contributed by atoms with Gasteiger partial charge in [-0.2, -0.15) is 0 Å². The van der Waals surface area contributed by atoms with E-state index in [-0.39, 0.29) is 12.0 Å². The number of hydrogen-bond donors (Lipinski definition) is 4. The topological polar surface area (TPSA) is 91.1 Å². The molecule has 0 spiro atoms. The third-order valence-corrected chi connectivity index (χ3v) is 2.03. The number of aromatic amines is 1. The minimum absolute atomic E-state index is 0.169. The van der Waals surface area contributed by atoms with E-state index >= 15 is 0 Å². The SMILES string of the molecule is CC(O)CCCNC(=O)c1cc(N)c[nH]1. The highest BCUT2D eigenvalue weighted by Crippen LogP contribution is 2.04. The summed E-state index contributed by atoms with van der Waals surface area (Å²) in [6.07, 6.45) is 2.71. The van der Waals surface area contributed by atoms with Crippen molar-refractivity contribution in [3.8, 4) is 0 Å². The predicted molar refractivity (Wildman–Crippen MR) is 58.5 cm³/mol. The van der Waals surface area contributed by atoms with Crippen molar-refractivity contribution >= 4 is 11.6 Å². The van der Waals surface area contributed by atoms with Gasteiger partial charge in [-0.25, -0.2) is 0 Å². The number of aromatic nitrogens is 1. The highest BCUT2D eigenvalue weighted by molar-refractivity contribution is 5.93. The van der Waals surface area contributed by atoms with E-state index in [9.17, 15) is 4.79 Å². The zero-order valence-corrected chi connectivity index (χ0v) is 8.79. The second-order valence-corrected chi connectivity index (χ2v) is 3.59. The van der Waals surface area contributed by atoms with Crippen molar-refractivity contribution in [3.63, 3.8) is 0 Å². The van der Waals surface area contributed by atoms with E-state index in [1.54, 1.807) is 19.2 Å². The van der Waals surface area contributed by atoms with E-state index < -0.39 is 0 Å². The van der Waals surface area contributed by atoms with Crippen molar-refractivity contribution in [3.05, 3.63) is 18.0 Å². The molecule has 1 heterocycles. The Balaban J connectivity index is 2.25. The molecule has 0 saturated carbocycles. The van der Waals surface area contributed by atoms with Gasteiger partial charge in [0.2, 0.25) is 0 Å². The summed E-state index contributed by atoms with van der Waals surface area (Å²) in [4.78, 5) is 14.2. The standard InChI is InChI=1S/C10H17N3O2/c1-7(14)3-2-4-12-10(15)9-5-8(11)6-13-9/h5-7,13-14H,2-4,11H2,1H3,(H,12,15). The minimum Gasteiger partial charge on any atom is -0.397 e. The zero-order valence-electron chi connectivity index (χ0n) is 8.79. The Morgan fingerprint density at radius 3 is 3.00 bits per heavy atom. The van der Waals surface area contributed by atoms with Gasteiger partial charge in [-0.1, -0.05) is 0 Å². The Labute approximate surface area is 88.7 Å². The van der Waals surface area contributed by atoms with Crippen LogP contribution in [0.2, 0.25) is 0 Å². The predicted octanol–water partition coefficient (Wildman–Crippen LogP) is 0.488. The molecule has 84 valence electrons. The summed E-state index contributed by atoms with van der Waals surface area (Å²) in [6, 6.07) is 1.59. The van der Waals surface area contributed by atoms with Gasteiger partial charge < -0.3 is 21.1 Å².